The molecule has 0 aromatic heterocycles. The van der Waals surface area contributed by atoms with Crippen molar-refractivity contribution in [2.45, 2.75) is 25.9 Å². The molecule has 116 valence electrons. The molecule has 0 amide bonds. The van der Waals surface area contributed by atoms with Crippen LogP contribution in [0, 0.1) is 0 Å². The van der Waals surface area contributed by atoms with Crippen molar-refractivity contribution < 1.29 is 0 Å². The van der Waals surface area contributed by atoms with E-state index in [0.717, 1.165) is 13.1 Å². The molecule has 22 heavy (non-hydrogen) atoms. The van der Waals surface area contributed by atoms with Gasteiger partial charge in [0.2, 0.25) is 0 Å². The summed E-state index contributed by atoms with van der Waals surface area (Å²) in [7, 11) is 0. The van der Waals surface area contributed by atoms with E-state index in [1.165, 1.54) is 50.1 Å². The SMILES string of the molecule is c1ccc(CN2CCCN(Cc3ccccc3)CCC2)cc1. The molecule has 1 aliphatic heterocycles. The van der Waals surface area contributed by atoms with Gasteiger partial charge in [0.1, 0.15) is 0 Å². The van der Waals surface area contributed by atoms with Gasteiger partial charge in [-0.05, 0) is 50.1 Å². The van der Waals surface area contributed by atoms with E-state index in [0.29, 0.717) is 0 Å². The monoisotopic (exact) mass is 294 g/mol. The fourth-order valence-corrected chi connectivity index (χ4v) is 3.26. The molecule has 2 aromatic carbocycles. The molecule has 0 bridgehead atoms. The molecule has 0 saturated carbocycles. The van der Waals surface area contributed by atoms with Crippen molar-refractivity contribution in [1.29, 1.82) is 0 Å². The van der Waals surface area contributed by atoms with Gasteiger partial charge in [-0.1, -0.05) is 60.7 Å². The van der Waals surface area contributed by atoms with E-state index in [9.17, 15) is 0 Å². The first-order valence-electron chi connectivity index (χ1n) is 8.43. The molecule has 1 heterocycles. The van der Waals surface area contributed by atoms with Crippen molar-refractivity contribution in [2.75, 3.05) is 26.2 Å². The Bertz CT molecular complexity index is 479. The molecule has 0 spiro atoms. The molecule has 0 radical (unpaired) electrons. The highest BCUT2D eigenvalue weighted by Crippen LogP contribution is 2.12. The fourth-order valence-electron chi connectivity index (χ4n) is 3.26. The van der Waals surface area contributed by atoms with Crippen molar-refractivity contribution >= 4 is 0 Å². The van der Waals surface area contributed by atoms with Crippen LogP contribution in [0.5, 0.6) is 0 Å². The van der Waals surface area contributed by atoms with Crippen molar-refractivity contribution in [3.63, 3.8) is 0 Å². The third kappa shape index (κ3) is 4.69. The zero-order valence-electron chi connectivity index (χ0n) is 13.3. The lowest BCUT2D eigenvalue weighted by atomic mass is 10.1. The average molecular weight is 294 g/mol. The van der Waals surface area contributed by atoms with E-state index in [2.05, 4.69) is 70.5 Å². The van der Waals surface area contributed by atoms with Crippen molar-refractivity contribution in [3.8, 4) is 0 Å². The Balaban J connectivity index is 1.48. The van der Waals surface area contributed by atoms with E-state index >= 15 is 0 Å². The smallest absolute Gasteiger partial charge is 0.0233 e. The Morgan fingerprint density at radius 2 is 0.909 bits per heavy atom. The van der Waals surface area contributed by atoms with E-state index in [1.54, 1.807) is 0 Å². The van der Waals surface area contributed by atoms with Crippen LogP contribution in [-0.4, -0.2) is 36.0 Å². The second-order valence-corrected chi connectivity index (χ2v) is 6.23. The van der Waals surface area contributed by atoms with Crippen molar-refractivity contribution in [1.82, 2.24) is 9.80 Å². The lowest BCUT2D eigenvalue weighted by molar-refractivity contribution is 0.172. The standard InChI is InChI=1S/C20H26N2/c1-3-9-19(10-4-1)17-21-13-7-15-22(16-8-14-21)18-20-11-5-2-6-12-20/h1-6,9-12H,7-8,13-18H2. The lowest BCUT2D eigenvalue weighted by Gasteiger charge is -2.30. The Kier molecular flexibility index (Phi) is 5.63. The van der Waals surface area contributed by atoms with E-state index in [1.807, 2.05) is 0 Å². The van der Waals surface area contributed by atoms with Crippen LogP contribution in [0.2, 0.25) is 0 Å². The van der Waals surface area contributed by atoms with Crippen LogP contribution < -0.4 is 0 Å². The number of hydrogen-bond donors (Lipinski definition) is 0. The van der Waals surface area contributed by atoms with Crippen LogP contribution in [-0.2, 0) is 13.1 Å². The Labute approximate surface area is 134 Å². The molecule has 0 aliphatic carbocycles. The molecule has 2 heteroatoms. The molecule has 2 nitrogen and oxygen atoms in total. The Morgan fingerprint density at radius 3 is 1.27 bits per heavy atom. The van der Waals surface area contributed by atoms with Gasteiger partial charge in [-0.15, -0.1) is 0 Å². The second-order valence-electron chi connectivity index (χ2n) is 6.23. The summed E-state index contributed by atoms with van der Waals surface area (Å²) in [5.41, 5.74) is 2.87. The molecule has 2 aromatic rings. The first kappa shape index (κ1) is 15.3. The first-order chi connectivity index (χ1) is 10.9. The van der Waals surface area contributed by atoms with Crippen LogP contribution in [0.3, 0.4) is 0 Å². The van der Waals surface area contributed by atoms with Crippen molar-refractivity contribution in [3.05, 3.63) is 71.8 Å². The van der Waals surface area contributed by atoms with Gasteiger partial charge in [0.15, 0.2) is 0 Å². The summed E-state index contributed by atoms with van der Waals surface area (Å²) in [4.78, 5) is 5.21. The summed E-state index contributed by atoms with van der Waals surface area (Å²) in [6.45, 7) is 7.03. The fraction of sp³-hybridized carbons (Fsp3) is 0.400. The molecule has 1 saturated heterocycles. The predicted octanol–water partition coefficient (Wildman–Crippen LogP) is 3.78. The van der Waals surface area contributed by atoms with Gasteiger partial charge in [0, 0.05) is 13.1 Å². The number of nitrogens with zero attached hydrogens (tertiary/aromatic N) is 2. The van der Waals surface area contributed by atoms with Gasteiger partial charge in [-0.2, -0.15) is 0 Å². The normalized spacial score (nSPS) is 17.8. The highest BCUT2D eigenvalue weighted by Gasteiger charge is 2.13. The zero-order chi connectivity index (χ0) is 15.0. The van der Waals surface area contributed by atoms with Gasteiger partial charge in [0.05, 0.1) is 0 Å². The average Bonchev–Trinajstić information content (AvgIpc) is 2.54. The highest BCUT2D eigenvalue weighted by atomic mass is 15.2. The third-order valence-electron chi connectivity index (χ3n) is 4.40. The lowest BCUT2D eigenvalue weighted by Crippen LogP contribution is -2.36. The minimum Gasteiger partial charge on any atom is -0.299 e. The van der Waals surface area contributed by atoms with Crippen LogP contribution in [0.15, 0.2) is 60.7 Å². The summed E-state index contributed by atoms with van der Waals surface area (Å²) in [5.74, 6) is 0. The summed E-state index contributed by atoms with van der Waals surface area (Å²) in [6, 6.07) is 21.7. The molecular formula is C20H26N2. The van der Waals surface area contributed by atoms with Crippen LogP contribution in [0.1, 0.15) is 24.0 Å². The predicted molar refractivity (Wildman–Crippen MR) is 92.7 cm³/mol. The van der Waals surface area contributed by atoms with E-state index in [-0.39, 0.29) is 0 Å². The van der Waals surface area contributed by atoms with E-state index in [4.69, 9.17) is 0 Å². The van der Waals surface area contributed by atoms with Crippen LogP contribution in [0.25, 0.3) is 0 Å². The topological polar surface area (TPSA) is 6.48 Å². The maximum absolute atomic E-state index is 2.61. The van der Waals surface area contributed by atoms with Crippen LogP contribution in [0.4, 0.5) is 0 Å². The second kappa shape index (κ2) is 8.11. The summed E-state index contributed by atoms with van der Waals surface area (Å²) >= 11 is 0. The summed E-state index contributed by atoms with van der Waals surface area (Å²) in [6.07, 6.45) is 2.53. The molecule has 3 rings (SSSR count). The van der Waals surface area contributed by atoms with Gasteiger partial charge < -0.3 is 0 Å². The summed E-state index contributed by atoms with van der Waals surface area (Å²) in [5, 5.41) is 0. The Morgan fingerprint density at radius 1 is 0.545 bits per heavy atom. The molecule has 0 N–H and O–H groups in total. The maximum atomic E-state index is 2.61. The molecule has 0 atom stereocenters. The number of benzene rings is 2. The van der Waals surface area contributed by atoms with Gasteiger partial charge in [-0.25, -0.2) is 0 Å². The maximum Gasteiger partial charge on any atom is 0.0233 e. The van der Waals surface area contributed by atoms with Gasteiger partial charge in [0.25, 0.3) is 0 Å². The molecule has 1 fully saturated rings. The quantitative estimate of drug-likeness (QED) is 0.846. The largest absolute Gasteiger partial charge is 0.299 e. The van der Waals surface area contributed by atoms with Gasteiger partial charge >= 0.3 is 0 Å². The molecule has 0 unspecified atom stereocenters. The first-order valence-corrected chi connectivity index (χ1v) is 8.43. The van der Waals surface area contributed by atoms with Crippen molar-refractivity contribution in [2.24, 2.45) is 0 Å². The molecule has 1 aliphatic rings. The van der Waals surface area contributed by atoms with Gasteiger partial charge in [-0.3, -0.25) is 9.80 Å². The summed E-state index contributed by atoms with van der Waals surface area (Å²) < 4.78 is 0. The van der Waals surface area contributed by atoms with E-state index < -0.39 is 0 Å². The molecular weight excluding hydrogens is 268 g/mol. The zero-order valence-corrected chi connectivity index (χ0v) is 13.3. The van der Waals surface area contributed by atoms with Crippen LogP contribution >= 0.6 is 0 Å². The highest BCUT2D eigenvalue weighted by molar-refractivity contribution is 5.15. The number of hydrogen-bond acceptors (Lipinski definition) is 2. The Hall–Kier alpha value is -1.64. The number of rotatable bonds is 4. The third-order valence-corrected chi connectivity index (χ3v) is 4.40. The minimum absolute atomic E-state index is 1.10. The minimum atomic E-state index is 1.10.